The van der Waals surface area contributed by atoms with Gasteiger partial charge in [-0.05, 0) is 18.8 Å². The molecular formula is C10H19NO3. The van der Waals surface area contributed by atoms with Crippen LogP contribution in [0.2, 0.25) is 0 Å². The molecular weight excluding hydrogens is 182 g/mol. The van der Waals surface area contributed by atoms with Gasteiger partial charge in [0.1, 0.15) is 0 Å². The Balaban J connectivity index is 3.87. The van der Waals surface area contributed by atoms with Crippen LogP contribution in [0, 0.1) is 11.8 Å². The van der Waals surface area contributed by atoms with Gasteiger partial charge in [-0.25, -0.2) is 0 Å². The number of rotatable bonds is 6. The molecule has 14 heavy (non-hydrogen) atoms. The van der Waals surface area contributed by atoms with E-state index in [0.717, 1.165) is 0 Å². The number of amides is 1. The number of nitrogens with two attached hydrogens (primary N) is 1. The average Bonchev–Trinajstić information content (AvgIpc) is 2.02. The van der Waals surface area contributed by atoms with Crippen molar-refractivity contribution in [2.75, 3.05) is 6.61 Å². The Kier molecular flexibility index (Phi) is 5.92. The van der Waals surface area contributed by atoms with Gasteiger partial charge in [0.2, 0.25) is 5.91 Å². The first-order valence-corrected chi connectivity index (χ1v) is 4.91. The lowest BCUT2D eigenvalue weighted by Gasteiger charge is -2.17. The monoisotopic (exact) mass is 201 g/mol. The molecule has 0 fully saturated rings. The summed E-state index contributed by atoms with van der Waals surface area (Å²) in [7, 11) is 0. The number of carbonyl (C=O) groups is 2. The molecule has 2 atom stereocenters. The van der Waals surface area contributed by atoms with Gasteiger partial charge in [0, 0.05) is 12.8 Å². The smallest absolute Gasteiger partial charge is 0.306 e. The van der Waals surface area contributed by atoms with E-state index in [-0.39, 0.29) is 23.7 Å². The molecule has 0 spiro atoms. The Morgan fingerprint density at radius 2 is 1.71 bits per heavy atom. The van der Waals surface area contributed by atoms with Crippen LogP contribution in [-0.2, 0) is 14.3 Å². The van der Waals surface area contributed by atoms with Crippen molar-refractivity contribution in [3.8, 4) is 0 Å². The molecule has 0 aliphatic carbocycles. The van der Waals surface area contributed by atoms with E-state index in [4.69, 9.17) is 10.5 Å². The van der Waals surface area contributed by atoms with Gasteiger partial charge in [-0.2, -0.15) is 0 Å². The summed E-state index contributed by atoms with van der Waals surface area (Å²) in [6.07, 6.45) is 0.670. The van der Waals surface area contributed by atoms with Gasteiger partial charge in [-0.3, -0.25) is 9.59 Å². The second-order valence-electron chi connectivity index (χ2n) is 3.63. The number of primary amides is 1. The van der Waals surface area contributed by atoms with Gasteiger partial charge in [0.15, 0.2) is 0 Å². The fourth-order valence-electron chi connectivity index (χ4n) is 1.20. The summed E-state index contributed by atoms with van der Waals surface area (Å²) in [6.45, 7) is 6.00. The van der Waals surface area contributed by atoms with Crippen LogP contribution in [0.3, 0.4) is 0 Å². The number of carbonyl (C=O) groups excluding carboxylic acids is 2. The fraction of sp³-hybridized carbons (Fsp3) is 0.800. The van der Waals surface area contributed by atoms with Gasteiger partial charge in [-0.1, -0.05) is 13.8 Å². The summed E-state index contributed by atoms with van der Waals surface area (Å²) in [5, 5.41) is 0. The molecule has 2 unspecified atom stereocenters. The highest BCUT2D eigenvalue weighted by Crippen LogP contribution is 2.18. The standard InChI is InChI=1S/C10H19NO3/c1-4-14-10(13)6-8(3)7(2)5-9(11)12/h7-8H,4-6H2,1-3H3,(H2,11,12). The molecule has 0 radical (unpaired) electrons. The Bertz CT molecular complexity index is 204. The van der Waals surface area contributed by atoms with E-state index in [0.29, 0.717) is 19.4 Å². The first-order chi connectivity index (χ1) is 6.47. The molecule has 82 valence electrons. The average molecular weight is 201 g/mol. The molecule has 0 aromatic heterocycles. The zero-order chi connectivity index (χ0) is 11.1. The Morgan fingerprint density at radius 3 is 2.14 bits per heavy atom. The van der Waals surface area contributed by atoms with Crippen LogP contribution in [0.1, 0.15) is 33.6 Å². The van der Waals surface area contributed by atoms with E-state index in [2.05, 4.69) is 0 Å². The third-order valence-corrected chi connectivity index (χ3v) is 2.29. The molecule has 0 aromatic carbocycles. The molecule has 2 N–H and O–H groups in total. The zero-order valence-corrected chi connectivity index (χ0v) is 9.08. The van der Waals surface area contributed by atoms with Crippen LogP contribution < -0.4 is 5.73 Å². The number of hydrogen-bond donors (Lipinski definition) is 1. The van der Waals surface area contributed by atoms with Gasteiger partial charge >= 0.3 is 5.97 Å². The van der Waals surface area contributed by atoms with Gasteiger partial charge < -0.3 is 10.5 Å². The molecule has 0 aromatic rings. The molecule has 0 rings (SSSR count). The van der Waals surface area contributed by atoms with Crippen molar-refractivity contribution in [1.29, 1.82) is 0 Å². The molecule has 0 bridgehead atoms. The highest BCUT2D eigenvalue weighted by atomic mass is 16.5. The minimum absolute atomic E-state index is 0.122. The van der Waals surface area contributed by atoms with Crippen LogP contribution in [0.25, 0.3) is 0 Å². The summed E-state index contributed by atoms with van der Waals surface area (Å²) < 4.78 is 4.81. The van der Waals surface area contributed by atoms with Gasteiger partial charge in [-0.15, -0.1) is 0 Å². The lowest BCUT2D eigenvalue weighted by atomic mass is 9.90. The molecule has 0 saturated carbocycles. The third kappa shape index (κ3) is 5.56. The maximum Gasteiger partial charge on any atom is 0.306 e. The zero-order valence-electron chi connectivity index (χ0n) is 9.08. The van der Waals surface area contributed by atoms with Crippen LogP contribution in [0.4, 0.5) is 0 Å². The van der Waals surface area contributed by atoms with Crippen molar-refractivity contribution in [3.63, 3.8) is 0 Å². The SMILES string of the molecule is CCOC(=O)CC(C)C(C)CC(N)=O. The Morgan fingerprint density at radius 1 is 1.21 bits per heavy atom. The number of hydrogen-bond acceptors (Lipinski definition) is 3. The Hall–Kier alpha value is -1.06. The van der Waals surface area contributed by atoms with Crippen LogP contribution in [-0.4, -0.2) is 18.5 Å². The van der Waals surface area contributed by atoms with E-state index in [1.54, 1.807) is 6.92 Å². The molecule has 0 saturated heterocycles. The van der Waals surface area contributed by atoms with E-state index in [1.807, 2.05) is 13.8 Å². The summed E-state index contributed by atoms with van der Waals surface area (Å²) in [5.41, 5.74) is 5.07. The third-order valence-electron chi connectivity index (χ3n) is 2.29. The summed E-state index contributed by atoms with van der Waals surface area (Å²) in [5.74, 6) is -0.289. The van der Waals surface area contributed by atoms with E-state index < -0.39 is 0 Å². The lowest BCUT2D eigenvalue weighted by molar-refractivity contribution is -0.144. The maximum atomic E-state index is 11.1. The molecule has 0 heterocycles. The summed E-state index contributed by atoms with van der Waals surface area (Å²) in [6, 6.07) is 0. The fourth-order valence-corrected chi connectivity index (χ4v) is 1.20. The van der Waals surface area contributed by atoms with Crippen LogP contribution >= 0.6 is 0 Å². The van der Waals surface area contributed by atoms with Crippen LogP contribution in [0.5, 0.6) is 0 Å². The number of esters is 1. The first kappa shape index (κ1) is 12.9. The normalized spacial score (nSPS) is 14.5. The van der Waals surface area contributed by atoms with Crippen molar-refractivity contribution < 1.29 is 14.3 Å². The van der Waals surface area contributed by atoms with Crippen molar-refractivity contribution in [2.45, 2.75) is 33.6 Å². The lowest BCUT2D eigenvalue weighted by Crippen LogP contribution is -2.21. The molecule has 1 amide bonds. The van der Waals surface area contributed by atoms with Gasteiger partial charge in [0.25, 0.3) is 0 Å². The van der Waals surface area contributed by atoms with E-state index in [9.17, 15) is 9.59 Å². The van der Waals surface area contributed by atoms with Crippen molar-refractivity contribution in [3.05, 3.63) is 0 Å². The first-order valence-electron chi connectivity index (χ1n) is 4.91. The second-order valence-corrected chi connectivity index (χ2v) is 3.63. The number of ether oxygens (including phenoxy) is 1. The molecule has 0 aliphatic heterocycles. The minimum Gasteiger partial charge on any atom is -0.466 e. The predicted molar refractivity (Wildman–Crippen MR) is 53.4 cm³/mol. The predicted octanol–water partition coefficient (Wildman–Crippen LogP) is 1.09. The van der Waals surface area contributed by atoms with Crippen LogP contribution in [0.15, 0.2) is 0 Å². The molecule has 4 heteroatoms. The summed E-state index contributed by atoms with van der Waals surface area (Å²) >= 11 is 0. The van der Waals surface area contributed by atoms with E-state index >= 15 is 0 Å². The topological polar surface area (TPSA) is 69.4 Å². The maximum absolute atomic E-state index is 11.1. The highest BCUT2D eigenvalue weighted by molar-refractivity contribution is 5.74. The van der Waals surface area contributed by atoms with Crippen molar-refractivity contribution >= 4 is 11.9 Å². The van der Waals surface area contributed by atoms with Gasteiger partial charge in [0.05, 0.1) is 6.61 Å². The summed E-state index contributed by atoms with van der Waals surface area (Å²) in [4.78, 5) is 21.7. The van der Waals surface area contributed by atoms with E-state index in [1.165, 1.54) is 0 Å². The quantitative estimate of drug-likeness (QED) is 0.654. The minimum atomic E-state index is -0.326. The second kappa shape index (κ2) is 6.40. The van der Waals surface area contributed by atoms with Crippen molar-refractivity contribution in [1.82, 2.24) is 0 Å². The molecule has 0 aliphatic rings. The molecule has 4 nitrogen and oxygen atoms in total. The highest BCUT2D eigenvalue weighted by Gasteiger charge is 2.18. The van der Waals surface area contributed by atoms with Crippen molar-refractivity contribution in [2.24, 2.45) is 17.6 Å². The largest absolute Gasteiger partial charge is 0.466 e. The Labute approximate surface area is 84.8 Å².